The molecule has 0 radical (unpaired) electrons. The van der Waals surface area contributed by atoms with Gasteiger partial charge in [-0.05, 0) is 42.7 Å². The Labute approximate surface area is 115 Å². The smallest absolute Gasteiger partial charge is 0.117 e. The molecule has 3 rings (SSSR count). The Morgan fingerprint density at radius 1 is 1.32 bits per heavy atom. The molecule has 2 unspecified atom stereocenters. The van der Waals surface area contributed by atoms with Crippen LogP contribution in [0.3, 0.4) is 0 Å². The van der Waals surface area contributed by atoms with E-state index in [1.165, 1.54) is 12.2 Å². The summed E-state index contributed by atoms with van der Waals surface area (Å²) in [7, 11) is 0. The van der Waals surface area contributed by atoms with Crippen molar-refractivity contribution < 1.29 is 9.15 Å². The summed E-state index contributed by atoms with van der Waals surface area (Å²) in [4.78, 5) is 0. The van der Waals surface area contributed by atoms with Gasteiger partial charge in [0, 0.05) is 25.7 Å². The lowest BCUT2D eigenvalue weighted by molar-refractivity contribution is 0.0238. The first-order chi connectivity index (χ1) is 9.16. The Hall–Kier alpha value is -0.800. The molecule has 1 aliphatic heterocycles. The Balaban J connectivity index is 1.45. The molecular formula is C16H25NO2. The topological polar surface area (TPSA) is 34.4 Å². The van der Waals surface area contributed by atoms with E-state index in [0.29, 0.717) is 11.3 Å². The summed E-state index contributed by atoms with van der Waals surface area (Å²) in [5.41, 5.74) is 0.388. The van der Waals surface area contributed by atoms with Crippen LogP contribution in [0.1, 0.15) is 50.5 Å². The van der Waals surface area contributed by atoms with Gasteiger partial charge in [0.1, 0.15) is 11.5 Å². The molecule has 19 heavy (non-hydrogen) atoms. The van der Waals surface area contributed by atoms with Crippen LogP contribution in [0, 0.1) is 11.3 Å². The lowest BCUT2D eigenvalue weighted by atomic mass is 9.82. The van der Waals surface area contributed by atoms with E-state index in [1.807, 2.05) is 0 Å². The van der Waals surface area contributed by atoms with Crippen LogP contribution in [0.15, 0.2) is 16.5 Å². The van der Waals surface area contributed by atoms with Gasteiger partial charge in [-0.1, -0.05) is 13.8 Å². The molecular weight excluding hydrogens is 238 g/mol. The second kappa shape index (κ2) is 5.29. The van der Waals surface area contributed by atoms with Crippen LogP contribution in [0.25, 0.3) is 0 Å². The molecule has 1 aliphatic carbocycles. The first kappa shape index (κ1) is 13.2. The predicted octanol–water partition coefficient (Wildman–Crippen LogP) is 3.31. The van der Waals surface area contributed by atoms with E-state index in [0.717, 1.165) is 50.8 Å². The molecule has 2 aliphatic rings. The van der Waals surface area contributed by atoms with Crippen molar-refractivity contribution in [1.82, 2.24) is 5.32 Å². The number of rotatable bonds is 5. The SMILES string of the molecule is CC1CC1c1ccc(CNCC2(C)CCOCC2)o1. The summed E-state index contributed by atoms with van der Waals surface area (Å²) in [5.74, 6) is 3.75. The largest absolute Gasteiger partial charge is 0.464 e. The maximum Gasteiger partial charge on any atom is 0.117 e. The van der Waals surface area contributed by atoms with E-state index in [-0.39, 0.29) is 0 Å². The van der Waals surface area contributed by atoms with Crippen molar-refractivity contribution >= 4 is 0 Å². The molecule has 1 aromatic heterocycles. The Kier molecular flexibility index (Phi) is 3.68. The van der Waals surface area contributed by atoms with Crippen molar-refractivity contribution in [2.45, 2.75) is 45.6 Å². The Morgan fingerprint density at radius 3 is 2.74 bits per heavy atom. The summed E-state index contributed by atoms with van der Waals surface area (Å²) in [6.45, 7) is 8.34. The third-order valence-corrected chi connectivity index (χ3v) is 4.71. The number of ether oxygens (including phenoxy) is 1. The van der Waals surface area contributed by atoms with Gasteiger partial charge < -0.3 is 14.5 Å². The average molecular weight is 263 g/mol. The van der Waals surface area contributed by atoms with E-state index in [9.17, 15) is 0 Å². The molecule has 1 saturated heterocycles. The van der Waals surface area contributed by atoms with Crippen molar-refractivity contribution in [3.63, 3.8) is 0 Å². The van der Waals surface area contributed by atoms with Gasteiger partial charge in [0.2, 0.25) is 0 Å². The highest BCUT2D eigenvalue weighted by atomic mass is 16.5. The standard InChI is InChI=1S/C16H25NO2/c1-12-9-14(12)15-4-3-13(19-15)10-17-11-16(2)5-7-18-8-6-16/h3-4,12,14,17H,5-11H2,1-2H3. The lowest BCUT2D eigenvalue weighted by Crippen LogP contribution is -2.36. The molecule has 2 atom stereocenters. The first-order valence-corrected chi connectivity index (χ1v) is 7.53. The molecule has 106 valence electrons. The normalized spacial score (nSPS) is 29.4. The fraction of sp³-hybridized carbons (Fsp3) is 0.750. The van der Waals surface area contributed by atoms with Crippen LogP contribution in [-0.4, -0.2) is 19.8 Å². The van der Waals surface area contributed by atoms with Gasteiger partial charge in [0.25, 0.3) is 0 Å². The molecule has 1 aromatic rings. The van der Waals surface area contributed by atoms with E-state index in [2.05, 4.69) is 31.3 Å². The predicted molar refractivity (Wildman–Crippen MR) is 75.1 cm³/mol. The number of nitrogens with one attached hydrogen (secondary N) is 1. The molecule has 3 nitrogen and oxygen atoms in total. The minimum atomic E-state index is 0.388. The molecule has 0 aromatic carbocycles. The van der Waals surface area contributed by atoms with E-state index < -0.39 is 0 Å². The summed E-state index contributed by atoms with van der Waals surface area (Å²) in [5, 5.41) is 3.55. The maximum atomic E-state index is 5.91. The maximum absolute atomic E-state index is 5.91. The number of furan rings is 1. The molecule has 0 amide bonds. The second-order valence-electron chi connectivity index (χ2n) is 6.65. The van der Waals surface area contributed by atoms with Gasteiger partial charge in [-0.25, -0.2) is 0 Å². The summed E-state index contributed by atoms with van der Waals surface area (Å²) >= 11 is 0. The van der Waals surface area contributed by atoms with Crippen molar-refractivity contribution in [3.8, 4) is 0 Å². The molecule has 0 bridgehead atoms. The molecule has 3 heteroatoms. The van der Waals surface area contributed by atoms with E-state index >= 15 is 0 Å². The van der Waals surface area contributed by atoms with Gasteiger partial charge in [0.15, 0.2) is 0 Å². The van der Waals surface area contributed by atoms with E-state index in [4.69, 9.17) is 9.15 Å². The molecule has 0 spiro atoms. The van der Waals surface area contributed by atoms with Gasteiger partial charge >= 0.3 is 0 Å². The van der Waals surface area contributed by atoms with Crippen LogP contribution in [0.2, 0.25) is 0 Å². The van der Waals surface area contributed by atoms with E-state index in [1.54, 1.807) is 0 Å². The van der Waals surface area contributed by atoms with Crippen molar-refractivity contribution in [3.05, 3.63) is 23.7 Å². The van der Waals surface area contributed by atoms with Gasteiger partial charge in [0.05, 0.1) is 6.54 Å². The van der Waals surface area contributed by atoms with Crippen LogP contribution in [0.4, 0.5) is 0 Å². The van der Waals surface area contributed by atoms with Crippen LogP contribution >= 0.6 is 0 Å². The van der Waals surface area contributed by atoms with Crippen LogP contribution in [-0.2, 0) is 11.3 Å². The van der Waals surface area contributed by atoms with Crippen molar-refractivity contribution in [2.24, 2.45) is 11.3 Å². The highest BCUT2D eigenvalue weighted by molar-refractivity contribution is 5.17. The van der Waals surface area contributed by atoms with Gasteiger partial charge in [-0.3, -0.25) is 0 Å². The monoisotopic (exact) mass is 263 g/mol. The molecule has 2 heterocycles. The average Bonchev–Trinajstić information content (AvgIpc) is 2.94. The van der Waals surface area contributed by atoms with Crippen molar-refractivity contribution in [1.29, 1.82) is 0 Å². The molecule has 2 fully saturated rings. The lowest BCUT2D eigenvalue weighted by Gasteiger charge is -2.33. The third-order valence-electron chi connectivity index (χ3n) is 4.71. The minimum Gasteiger partial charge on any atom is -0.464 e. The molecule has 1 N–H and O–H groups in total. The highest BCUT2D eigenvalue weighted by Gasteiger charge is 2.36. The second-order valence-corrected chi connectivity index (χ2v) is 6.65. The zero-order valence-electron chi connectivity index (χ0n) is 12.1. The highest BCUT2D eigenvalue weighted by Crippen LogP contribution is 2.47. The van der Waals surface area contributed by atoms with Gasteiger partial charge in [-0.15, -0.1) is 0 Å². The summed E-state index contributed by atoms with van der Waals surface area (Å²) < 4.78 is 11.3. The van der Waals surface area contributed by atoms with Crippen LogP contribution < -0.4 is 5.32 Å². The quantitative estimate of drug-likeness (QED) is 0.885. The zero-order valence-corrected chi connectivity index (χ0v) is 12.1. The summed E-state index contributed by atoms with van der Waals surface area (Å²) in [6, 6.07) is 4.28. The zero-order chi connectivity index (χ0) is 13.3. The third kappa shape index (κ3) is 3.21. The Bertz CT molecular complexity index is 420. The number of hydrogen-bond donors (Lipinski definition) is 1. The summed E-state index contributed by atoms with van der Waals surface area (Å²) in [6.07, 6.45) is 3.60. The Morgan fingerprint density at radius 2 is 2.05 bits per heavy atom. The van der Waals surface area contributed by atoms with Gasteiger partial charge in [-0.2, -0.15) is 0 Å². The number of hydrogen-bond acceptors (Lipinski definition) is 3. The fourth-order valence-corrected chi connectivity index (χ4v) is 2.94. The first-order valence-electron chi connectivity index (χ1n) is 7.53. The van der Waals surface area contributed by atoms with Crippen molar-refractivity contribution in [2.75, 3.05) is 19.8 Å². The minimum absolute atomic E-state index is 0.388. The van der Waals surface area contributed by atoms with Crippen LogP contribution in [0.5, 0.6) is 0 Å². The molecule has 1 saturated carbocycles. The fourth-order valence-electron chi connectivity index (χ4n) is 2.94.